The first-order valence-electron chi connectivity index (χ1n) is 7.86. The Balaban J connectivity index is 0.00000288. The van der Waals surface area contributed by atoms with Crippen molar-refractivity contribution in [1.29, 1.82) is 0 Å². The summed E-state index contributed by atoms with van der Waals surface area (Å²) < 4.78 is 0. The second-order valence-electron chi connectivity index (χ2n) is 7.73. The standard InChI is InChI=1S/C17H25N3O3.ClH/c1-16(2,3)13-6-5-12(9-14(13)20(22)23)15(21)19-8-7-17(4,10-18)11-19;/h5-6,9H,7-8,10-11,18H2,1-4H3;1H. The van der Waals surface area contributed by atoms with E-state index in [2.05, 4.69) is 6.92 Å². The molecule has 6 nitrogen and oxygen atoms in total. The third-order valence-corrected chi connectivity index (χ3v) is 4.59. The monoisotopic (exact) mass is 355 g/mol. The van der Waals surface area contributed by atoms with Gasteiger partial charge >= 0.3 is 0 Å². The predicted molar refractivity (Wildman–Crippen MR) is 96.7 cm³/mol. The molecule has 0 aliphatic carbocycles. The minimum atomic E-state index is -0.411. The number of nitrogens with two attached hydrogens (primary N) is 1. The minimum Gasteiger partial charge on any atom is -0.338 e. The van der Waals surface area contributed by atoms with Crippen molar-refractivity contribution in [2.24, 2.45) is 11.1 Å². The SMILES string of the molecule is CC1(CN)CCN(C(=O)c2ccc(C(C)(C)C)c([N+](=O)[O-])c2)C1.Cl. The zero-order valence-corrected chi connectivity index (χ0v) is 15.5. The van der Waals surface area contributed by atoms with Crippen LogP contribution in [-0.4, -0.2) is 35.4 Å². The zero-order valence-electron chi connectivity index (χ0n) is 14.7. The maximum atomic E-state index is 12.6. The smallest absolute Gasteiger partial charge is 0.273 e. The molecular formula is C17H26ClN3O3. The van der Waals surface area contributed by atoms with Gasteiger partial charge in [0.25, 0.3) is 11.6 Å². The Labute approximate surface area is 149 Å². The number of hydrogen-bond donors (Lipinski definition) is 1. The highest BCUT2D eigenvalue weighted by Crippen LogP contribution is 2.33. The van der Waals surface area contributed by atoms with Gasteiger partial charge < -0.3 is 10.6 Å². The van der Waals surface area contributed by atoms with Gasteiger partial charge in [0.2, 0.25) is 0 Å². The maximum Gasteiger partial charge on any atom is 0.273 e. The van der Waals surface area contributed by atoms with Crippen LogP contribution in [0.3, 0.4) is 0 Å². The fourth-order valence-electron chi connectivity index (χ4n) is 3.00. The lowest BCUT2D eigenvalue weighted by molar-refractivity contribution is -0.386. The van der Waals surface area contributed by atoms with Gasteiger partial charge in [-0.2, -0.15) is 0 Å². The first-order valence-corrected chi connectivity index (χ1v) is 7.86. The highest BCUT2D eigenvalue weighted by Gasteiger charge is 2.36. The lowest BCUT2D eigenvalue weighted by Crippen LogP contribution is -2.34. The van der Waals surface area contributed by atoms with E-state index in [9.17, 15) is 14.9 Å². The molecule has 0 radical (unpaired) electrons. The highest BCUT2D eigenvalue weighted by atomic mass is 35.5. The van der Waals surface area contributed by atoms with Crippen molar-refractivity contribution in [3.8, 4) is 0 Å². The van der Waals surface area contributed by atoms with Crippen LogP contribution in [0.5, 0.6) is 0 Å². The molecule has 1 aliphatic heterocycles. The third kappa shape index (κ3) is 4.05. The molecule has 24 heavy (non-hydrogen) atoms. The van der Waals surface area contributed by atoms with E-state index < -0.39 is 4.92 Å². The number of halogens is 1. The molecule has 1 aromatic rings. The molecule has 1 saturated heterocycles. The number of carbonyl (C=O) groups is 1. The van der Waals surface area contributed by atoms with E-state index in [4.69, 9.17) is 5.73 Å². The van der Waals surface area contributed by atoms with Gasteiger partial charge in [0.15, 0.2) is 0 Å². The van der Waals surface area contributed by atoms with Crippen molar-refractivity contribution < 1.29 is 9.72 Å². The van der Waals surface area contributed by atoms with Gasteiger partial charge in [-0.3, -0.25) is 14.9 Å². The van der Waals surface area contributed by atoms with E-state index in [1.807, 2.05) is 20.8 Å². The summed E-state index contributed by atoms with van der Waals surface area (Å²) in [7, 11) is 0. The fourth-order valence-corrected chi connectivity index (χ4v) is 3.00. The van der Waals surface area contributed by atoms with Gasteiger partial charge in [-0.25, -0.2) is 0 Å². The lowest BCUT2D eigenvalue weighted by atomic mass is 9.85. The fraction of sp³-hybridized carbons (Fsp3) is 0.588. The third-order valence-electron chi connectivity index (χ3n) is 4.59. The van der Waals surface area contributed by atoms with Gasteiger partial charge in [0.05, 0.1) is 4.92 Å². The Morgan fingerprint density at radius 1 is 1.42 bits per heavy atom. The number of likely N-dealkylation sites (tertiary alicyclic amines) is 1. The molecule has 1 amide bonds. The topological polar surface area (TPSA) is 89.5 Å². The molecule has 7 heteroatoms. The van der Waals surface area contributed by atoms with Gasteiger partial charge in [-0.15, -0.1) is 12.4 Å². The summed E-state index contributed by atoms with van der Waals surface area (Å²) in [5, 5.41) is 11.4. The molecule has 0 bridgehead atoms. The number of benzene rings is 1. The van der Waals surface area contributed by atoms with Gasteiger partial charge in [-0.05, 0) is 29.9 Å². The molecule has 1 unspecified atom stereocenters. The summed E-state index contributed by atoms with van der Waals surface area (Å²) in [5.74, 6) is -0.161. The number of nitro benzene ring substituents is 1. The molecule has 0 aromatic heterocycles. The van der Waals surface area contributed by atoms with E-state index in [1.165, 1.54) is 6.07 Å². The van der Waals surface area contributed by atoms with Crippen LogP contribution in [0.2, 0.25) is 0 Å². The minimum absolute atomic E-state index is 0. The van der Waals surface area contributed by atoms with Gasteiger partial charge in [0.1, 0.15) is 0 Å². The highest BCUT2D eigenvalue weighted by molar-refractivity contribution is 5.95. The molecule has 0 spiro atoms. The second kappa shape index (κ2) is 7.07. The van der Waals surface area contributed by atoms with Crippen LogP contribution in [0.15, 0.2) is 18.2 Å². The van der Waals surface area contributed by atoms with Crippen molar-refractivity contribution in [2.75, 3.05) is 19.6 Å². The van der Waals surface area contributed by atoms with E-state index in [0.29, 0.717) is 30.8 Å². The molecule has 1 fully saturated rings. The van der Waals surface area contributed by atoms with Crippen LogP contribution in [0, 0.1) is 15.5 Å². The van der Waals surface area contributed by atoms with Crippen LogP contribution in [-0.2, 0) is 5.41 Å². The largest absolute Gasteiger partial charge is 0.338 e. The predicted octanol–water partition coefficient (Wildman–Crippen LogP) is 3.13. The van der Waals surface area contributed by atoms with Crippen LogP contribution < -0.4 is 5.73 Å². The Kier molecular flexibility index (Phi) is 6.00. The molecule has 134 valence electrons. The number of carbonyl (C=O) groups excluding carboxylic acids is 1. The summed E-state index contributed by atoms with van der Waals surface area (Å²) >= 11 is 0. The van der Waals surface area contributed by atoms with Crippen LogP contribution in [0.4, 0.5) is 5.69 Å². The summed E-state index contributed by atoms with van der Waals surface area (Å²) in [6.07, 6.45) is 0.859. The average molecular weight is 356 g/mol. The first-order chi connectivity index (χ1) is 10.6. The summed E-state index contributed by atoms with van der Waals surface area (Å²) in [4.78, 5) is 25.4. The van der Waals surface area contributed by atoms with Crippen molar-refractivity contribution in [1.82, 2.24) is 4.90 Å². The van der Waals surface area contributed by atoms with E-state index >= 15 is 0 Å². The Hall–Kier alpha value is -1.66. The first kappa shape index (κ1) is 20.4. The molecule has 1 atom stereocenters. The van der Waals surface area contributed by atoms with Crippen LogP contribution in [0.25, 0.3) is 0 Å². The summed E-state index contributed by atoms with van der Waals surface area (Å²) in [5.41, 5.74) is 6.36. The molecule has 2 N–H and O–H groups in total. The Morgan fingerprint density at radius 2 is 2.04 bits per heavy atom. The molecular weight excluding hydrogens is 330 g/mol. The van der Waals surface area contributed by atoms with Crippen LogP contribution in [0.1, 0.15) is 50.0 Å². The Bertz CT molecular complexity index is 642. The van der Waals surface area contributed by atoms with Crippen molar-refractivity contribution >= 4 is 24.0 Å². The van der Waals surface area contributed by atoms with Gasteiger partial charge in [-0.1, -0.05) is 33.8 Å². The molecule has 1 aliphatic rings. The van der Waals surface area contributed by atoms with E-state index in [-0.39, 0.29) is 34.8 Å². The number of amides is 1. The lowest BCUT2D eigenvalue weighted by Gasteiger charge is -2.23. The second-order valence-corrected chi connectivity index (χ2v) is 7.73. The Morgan fingerprint density at radius 3 is 2.50 bits per heavy atom. The number of nitro groups is 1. The molecule has 1 aromatic carbocycles. The van der Waals surface area contributed by atoms with Crippen LogP contribution >= 0.6 is 12.4 Å². The summed E-state index contributed by atoms with van der Waals surface area (Å²) in [6.45, 7) is 9.59. The normalized spacial score (nSPS) is 20.6. The van der Waals surface area contributed by atoms with Crippen molar-refractivity contribution in [3.63, 3.8) is 0 Å². The number of rotatable bonds is 3. The quantitative estimate of drug-likeness (QED) is 0.666. The van der Waals surface area contributed by atoms with E-state index in [1.54, 1.807) is 17.0 Å². The molecule has 1 heterocycles. The average Bonchev–Trinajstić information content (AvgIpc) is 2.88. The van der Waals surface area contributed by atoms with Crippen molar-refractivity contribution in [2.45, 2.75) is 39.5 Å². The maximum absolute atomic E-state index is 12.6. The van der Waals surface area contributed by atoms with E-state index in [0.717, 1.165) is 6.42 Å². The molecule has 0 saturated carbocycles. The number of hydrogen-bond acceptors (Lipinski definition) is 4. The zero-order chi connectivity index (χ0) is 17.4. The van der Waals surface area contributed by atoms with Crippen molar-refractivity contribution in [3.05, 3.63) is 39.4 Å². The number of nitrogens with zero attached hydrogens (tertiary/aromatic N) is 2. The van der Waals surface area contributed by atoms with Gasteiger partial charge in [0, 0.05) is 30.3 Å². The summed E-state index contributed by atoms with van der Waals surface area (Å²) in [6, 6.07) is 4.79. The molecule has 2 rings (SSSR count).